The highest BCUT2D eigenvalue weighted by Crippen LogP contribution is 2.48. The van der Waals surface area contributed by atoms with Crippen LogP contribution in [0.3, 0.4) is 0 Å². The predicted molar refractivity (Wildman–Crippen MR) is 87.1 cm³/mol. The van der Waals surface area contributed by atoms with Crippen molar-refractivity contribution in [3.63, 3.8) is 0 Å². The van der Waals surface area contributed by atoms with E-state index in [9.17, 15) is 4.79 Å². The van der Waals surface area contributed by atoms with Gasteiger partial charge in [-0.15, -0.1) is 12.4 Å². The second-order valence-electron chi connectivity index (χ2n) is 7.22. The van der Waals surface area contributed by atoms with Gasteiger partial charge in [0.15, 0.2) is 5.82 Å². The molecule has 6 nitrogen and oxygen atoms in total. The van der Waals surface area contributed by atoms with Crippen LogP contribution in [0.4, 0.5) is 0 Å². The van der Waals surface area contributed by atoms with Crippen molar-refractivity contribution in [2.45, 2.75) is 51.0 Å². The van der Waals surface area contributed by atoms with E-state index in [1.165, 1.54) is 12.8 Å². The van der Waals surface area contributed by atoms with Gasteiger partial charge in [-0.25, -0.2) is 0 Å². The number of hydrogen-bond donors (Lipinski definition) is 1. The van der Waals surface area contributed by atoms with Crippen LogP contribution in [-0.2, 0) is 4.79 Å². The van der Waals surface area contributed by atoms with Crippen molar-refractivity contribution in [3.8, 4) is 0 Å². The molecule has 4 unspecified atom stereocenters. The molecule has 7 heteroatoms. The third-order valence-electron chi connectivity index (χ3n) is 5.96. The molecule has 1 amide bonds. The summed E-state index contributed by atoms with van der Waals surface area (Å²) in [5, 5.41) is 3.86. The maximum atomic E-state index is 12.8. The molecule has 1 saturated heterocycles. The number of nitrogens with zero attached hydrogens (tertiary/aromatic N) is 3. The lowest BCUT2D eigenvalue weighted by atomic mass is 9.83. The van der Waals surface area contributed by atoms with E-state index >= 15 is 0 Å². The van der Waals surface area contributed by atoms with E-state index in [0.717, 1.165) is 38.2 Å². The van der Waals surface area contributed by atoms with Crippen molar-refractivity contribution in [2.24, 2.45) is 23.5 Å². The Morgan fingerprint density at radius 3 is 2.48 bits per heavy atom. The zero-order valence-corrected chi connectivity index (χ0v) is 14.3. The largest absolute Gasteiger partial charge is 0.342 e. The third kappa shape index (κ3) is 2.87. The van der Waals surface area contributed by atoms with Crippen molar-refractivity contribution in [1.82, 2.24) is 15.0 Å². The summed E-state index contributed by atoms with van der Waals surface area (Å²) >= 11 is 0. The van der Waals surface area contributed by atoms with Crippen molar-refractivity contribution >= 4 is 18.3 Å². The Labute approximate surface area is 142 Å². The highest BCUT2D eigenvalue weighted by molar-refractivity contribution is 5.85. The number of fused-ring (bicyclic) bond motifs is 2. The summed E-state index contributed by atoms with van der Waals surface area (Å²) in [6.07, 6.45) is 5.38. The zero-order chi connectivity index (χ0) is 15.3. The first-order valence-electron chi connectivity index (χ1n) is 8.48. The molecule has 1 aliphatic heterocycles. The van der Waals surface area contributed by atoms with Gasteiger partial charge in [-0.3, -0.25) is 4.79 Å². The van der Waals surface area contributed by atoms with Crippen LogP contribution in [0.15, 0.2) is 4.52 Å². The van der Waals surface area contributed by atoms with E-state index in [1.54, 1.807) is 0 Å². The van der Waals surface area contributed by atoms with Crippen LogP contribution >= 0.6 is 12.4 Å². The SMILES string of the molecule is Cc1noc(C2CCN(C(=O)C3C4CCC(C4)C3N)CC2)n1.Cl. The van der Waals surface area contributed by atoms with Crippen LogP contribution in [0.5, 0.6) is 0 Å². The van der Waals surface area contributed by atoms with E-state index in [1.807, 2.05) is 11.8 Å². The lowest BCUT2D eigenvalue weighted by molar-refractivity contribution is -0.138. The van der Waals surface area contributed by atoms with Gasteiger partial charge in [0.25, 0.3) is 0 Å². The minimum Gasteiger partial charge on any atom is -0.342 e. The zero-order valence-electron chi connectivity index (χ0n) is 13.5. The second-order valence-corrected chi connectivity index (χ2v) is 7.22. The first-order chi connectivity index (χ1) is 10.6. The number of rotatable bonds is 2. The summed E-state index contributed by atoms with van der Waals surface area (Å²) in [6, 6.07) is 0.0857. The Bertz CT molecular complexity index is 568. The highest BCUT2D eigenvalue weighted by Gasteiger charge is 2.50. The minimum atomic E-state index is 0. The normalized spacial score (nSPS) is 33.7. The van der Waals surface area contributed by atoms with E-state index < -0.39 is 0 Å². The van der Waals surface area contributed by atoms with E-state index in [4.69, 9.17) is 10.3 Å². The summed E-state index contributed by atoms with van der Waals surface area (Å²) in [5.74, 6) is 3.17. The molecule has 1 aromatic heterocycles. The molecule has 4 atom stereocenters. The molecule has 128 valence electrons. The fourth-order valence-electron chi connectivity index (χ4n) is 4.74. The number of hydrogen-bond acceptors (Lipinski definition) is 5. The van der Waals surface area contributed by atoms with Crippen molar-refractivity contribution in [1.29, 1.82) is 0 Å². The third-order valence-corrected chi connectivity index (χ3v) is 5.96. The molecule has 23 heavy (non-hydrogen) atoms. The molecule has 3 fully saturated rings. The number of halogens is 1. The second kappa shape index (κ2) is 6.40. The van der Waals surface area contributed by atoms with Gasteiger partial charge in [0.1, 0.15) is 0 Å². The number of likely N-dealkylation sites (tertiary alicyclic amines) is 1. The van der Waals surface area contributed by atoms with Gasteiger partial charge in [0.05, 0.1) is 5.92 Å². The Kier molecular flexibility index (Phi) is 4.65. The average Bonchev–Trinajstić information content (AvgIpc) is 3.23. The summed E-state index contributed by atoms with van der Waals surface area (Å²) < 4.78 is 5.27. The molecule has 4 rings (SSSR count). The topological polar surface area (TPSA) is 85.2 Å². The molecule has 0 spiro atoms. The van der Waals surface area contributed by atoms with Crippen LogP contribution in [0.25, 0.3) is 0 Å². The van der Waals surface area contributed by atoms with Gasteiger partial charge < -0.3 is 15.2 Å². The van der Waals surface area contributed by atoms with E-state index in [-0.39, 0.29) is 24.4 Å². The molecule has 0 aromatic carbocycles. The van der Waals surface area contributed by atoms with Crippen molar-refractivity contribution in [2.75, 3.05) is 13.1 Å². The van der Waals surface area contributed by atoms with Gasteiger partial charge in [0, 0.05) is 25.0 Å². The van der Waals surface area contributed by atoms with Crippen LogP contribution in [-0.4, -0.2) is 40.1 Å². The molecular weight excluding hydrogens is 316 g/mol. The lowest BCUT2D eigenvalue weighted by Crippen LogP contribution is -2.49. The predicted octanol–water partition coefficient (Wildman–Crippen LogP) is 1.88. The quantitative estimate of drug-likeness (QED) is 0.888. The Balaban J connectivity index is 0.00000156. The number of piperidine rings is 1. The Hall–Kier alpha value is -1.14. The van der Waals surface area contributed by atoms with Gasteiger partial charge in [-0.2, -0.15) is 4.98 Å². The van der Waals surface area contributed by atoms with Crippen LogP contribution in [0.1, 0.15) is 49.7 Å². The first kappa shape index (κ1) is 16.7. The molecule has 0 radical (unpaired) electrons. The maximum Gasteiger partial charge on any atom is 0.229 e. The summed E-state index contributed by atoms with van der Waals surface area (Å²) in [5.41, 5.74) is 6.31. The number of aromatic nitrogens is 2. The Morgan fingerprint density at radius 2 is 1.91 bits per heavy atom. The number of carbonyl (C=O) groups is 1. The highest BCUT2D eigenvalue weighted by atomic mass is 35.5. The summed E-state index contributed by atoms with van der Waals surface area (Å²) in [7, 11) is 0. The summed E-state index contributed by atoms with van der Waals surface area (Å²) in [4.78, 5) is 19.2. The monoisotopic (exact) mass is 340 g/mol. The minimum absolute atomic E-state index is 0. The maximum absolute atomic E-state index is 12.8. The molecule has 2 saturated carbocycles. The van der Waals surface area contributed by atoms with Gasteiger partial charge in [-0.1, -0.05) is 5.16 Å². The fourth-order valence-corrected chi connectivity index (χ4v) is 4.74. The fraction of sp³-hybridized carbons (Fsp3) is 0.812. The van der Waals surface area contributed by atoms with Gasteiger partial charge >= 0.3 is 0 Å². The smallest absolute Gasteiger partial charge is 0.229 e. The van der Waals surface area contributed by atoms with Crippen LogP contribution in [0, 0.1) is 24.7 Å². The van der Waals surface area contributed by atoms with Gasteiger partial charge in [-0.05, 0) is 50.9 Å². The number of nitrogens with two attached hydrogens (primary N) is 1. The average molecular weight is 341 g/mol. The number of carbonyl (C=O) groups excluding carboxylic acids is 1. The molecule has 3 aliphatic rings. The molecule has 2 aliphatic carbocycles. The van der Waals surface area contributed by atoms with Gasteiger partial charge in [0.2, 0.25) is 11.8 Å². The van der Waals surface area contributed by atoms with E-state index in [0.29, 0.717) is 29.5 Å². The molecule has 1 aromatic rings. The number of aryl methyl sites for hydroxylation is 1. The molecule has 2 bridgehead atoms. The van der Waals surface area contributed by atoms with Crippen LogP contribution in [0.2, 0.25) is 0 Å². The first-order valence-corrected chi connectivity index (χ1v) is 8.48. The molecule has 2 heterocycles. The van der Waals surface area contributed by atoms with Crippen molar-refractivity contribution in [3.05, 3.63) is 11.7 Å². The lowest BCUT2D eigenvalue weighted by Gasteiger charge is -2.36. The van der Waals surface area contributed by atoms with E-state index in [2.05, 4.69) is 10.1 Å². The number of amides is 1. The standard InChI is InChI=1S/C16H24N4O2.ClH/c1-9-18-15(22-19-9)10-4-6-20(7-5-10)16(21)13-11-2-3-12(8-11)14(13)17;/h10-14H,2-8,17H2,1H3;1H. The molecule has 2 N–H and O–H groups in total. The molecular formula is C16H25ClN4O2. The Morgan fingerprint density at radius 1 is 1.22 bits per heavy atom. The summed E-state index contributed by atoms with van der Waals surface area (Å²) in [6.45, 7) is 3.40. The van der Waals surface area contributed by atoms with Crippen LogP contribution < -0.4 is 5.73 Å². The van der Waals surface area contributed by atoms with Crippen molar-refractivity contribution < 1.29 is 9.32 Å².